The van der Waals surface area contributed by atoms with E-state index in [1.165, 1.54) is 0 Å². The third kappa shape index (κ3) is 3.28. The zero-order valence-electron chi connectivity index (χ0n) is 9.67. The van der Waals surface area contributed by atoms with Crippen LogP contribution in [0.3, 0.4) is 0 Å². The fourth-order valence-corrected chi connectivity index (χ4v) is 1.84. The fourth-order valence-electron chi connectivity index (χ4n) is 1.84. The summed E-state index contributed by atoms with van der Waals surface area (Å²) in [5.41, 5.74) is 6.58. The molecule has 1 aliphatic heterocycles. The quantitative estimate of drug-likeness (QED) is 0.801. The number of hydrogen-bond donors (Lipinski definition) is 1. The SMILES string of the molecule is N[C@H](C(=O)OCC1CCCO1)c1ccccc1. The van der Waals surface area contributed by atoms with Gasteiger partial charge < -0.3 is 15.2 Å². The second-order valence-corrected chi connectivity index (χ2v) is 4.15. The van der Waals surface area contributed by atoms with E-state index in [1.807, 2.05) is 30.3 Å². The van der Waals surface area contributed by atoms with E-state index < -0.39 is 12.0 Å². The molecule has 1 aromatic rings. The van der Waals surface area contributed by atoms with Crippen molar-refractivity contribution in [2.75, 3.05) is 13.2 Å². The van der Waals surface area contributed by atoms with E-state index in [0.29, 0.717) is 6.61 Å². The van der Waals surface area contributed by atoms with E-state index >= 15 is 0 Å². The maximum atomic E-state index is 11.7. The Kier molecular flexibility index (Phi) is 4.12. The number of esters is 1. The summed E-state index contributed by atoms with van der Waals surface area (Å²) in [6, 6.07) is 8.51. The van der Waals surface area contributed by atoms with Crippen LogP contribution in [0.5, 0.6) is 0 Å². The minimum atomic E-state index is -0.711. The van der Waals surface area contributed by atoms with Gasteiger partial charge in [0, 0.05) is 6.61 Å². The number of rotatable bonds is 4. The zero-order valence-corrected chi connectivity index (χ0v) is 9.67. The number of ether oxygens (including phenoxy) is 2. The van der Waals surface area contributed by atoms with Crippen molar-refractivity contribution in [3.05, 3.63) is 35.9 Å². The molecule has 4 heteroatoms. The Balaban J connectivity index is 1.83. The molecule has 1 unspecified atom stereocenters. The smallest absolute Gasteiger partial charge is 0.327 e. The van der Waals surface area contributed by atoms with Gasteiger partial charge >= 0.3 is 5.97 Å². The monoisotopic (exact) mass is 235 g/mol. The number of benzene rings is 1. The normalized spacial score (nSPS) is 21.1. The Morgan fingerprint density at radius 1 is 1.47 bits per heavy atom. The van der Waals surface area contributed by atoms with Crippen LogP contribution < -0.4 is 5.73 Å². The second-order valence-electron chi connectivity index (χ2n) is 4.15. The predicted octanol–water partition coefficient (Wildman–Crippen LogP) is 1.41. The van der Waals surface area contributed by atoms with E-state index in [4.69, 9.17) is 15.2 Å². The molecule has 17 heavy (non-hydrogen) atoms. The average molecular weight is 235 g/mol. The standard InChI is InChI=1S/C13H17NO3/c14-12(10-5-2-1-3-6-10)13(15)17-9-11-7-4-8-16-11/h1-3,5-6,11-12H,4,7-9,14H2/t11?,12-/m0/s1. The summed E-state index contributed by atoms with van der Waals surface area (Å²) in [5.74, 6) is -0.397. The molecule has 0 radical (unpaired) electrons. The Labute approximate surface area is 101 Å². The average Bonchev–Trinajstić information content (AvgIpc) is 2.89. The third-order valence-electron chi connectivity index (χ3n) is 2.85. The zero-order chi connectivity index (χ0) is 12.1. The number of carbonyl (C=O) groups excluding carboxylic acids is 1. The molecule has 0 spiro atoms. The highest BCUT2D eigenvalue weighted by molar-refractivity contribution is 5.77. The highest BCUT2D eigenvalue weighted by Crippen LogP contribution is 2.15. The molecule has 92 valence electrons. The molecule has 2 rings (SSSR count). The largest absolute Gasteiger partial charge is 0.462 e. The molecule has 4 nitrogen and oxygen atoms in total. The first-order valence-electron chi connectivity index (χ1n) is 5.86. The van der Waals surface area contributed by atoms with Crippen LogP contribution in [0.4, 0.5) is 0 Å². The summed E-state index contributed by atoms with van der Waals surface area (Å²) in [7, 11) is 0. The first kappa shape index (κ1) is 12.1. The lowest BCUT2D eigenvalue weighted by molar-refractivity contribution is -0.148. The molecular formula is C13H17NO3. The van der Waals surface area contributed by atoms with Crippen LogP contribution in [0.25, 0.3) is 0 Å². The summed E-state index contributed by atoms with van der Waals surface area (Å²) in [4.78, 5) is 11.7. The van der Waals surface area contributed by atoms with Gasteiger partial charge in [-0.1, -0.05) is 30.3 Å². The highest BCUT2D eigenvalue weighted by Gasteiger charge is 2.21. The molecule has 1 aromatic carbocycles. The van der Waals surface area contributed by atoms with Crippen molar-refractivity contribution >= 4 is 5.97 Å². The fraction of sp³-hybridized carbons (Fsp3) is 0.462. The molecular weight excluding hydrogens is 218 g/mol. The third-order valence-corrected chi connectivity index (χ3v) is 2.85. The van der Waals surface area contributed by atoms with Crippen LogP contribution in [-0.2, 0) is 14.3 Å². The van der Waals surface area contributed by atoms with Crippen LogP contribution in [0.15, 0.2) is 30.3 Å². The first-order chi connectivity index (χ1) is 8.27. The molecule has 2 atom stereocenters. The molecule has 2 N–H and O–H groups in total. The van der Waals surface area contributed by atoms with Crippen LogP contribution >= 0.6 is 0 Å². The Hall–Kier alpha value is -1.39. The summed E-state index contributed by atoms with van der Waals surface area (Å²) >= 11 is 0. The van der Waals surface area contributed by atoms with Gasteiger partial charge in [0.1, 0.15) is 12.6 Å². The molecule has 0 aliphatic carbocycles. The maximum Gasteiger partial charge on any atom is 0.327 e. The lowest BCUT2D eigenvalue weighted by Crippen LogP contribution is -2.27. The Morgan fingerprint density at radius 3 is 2.88 bits per heavy atom. The van der Waals surface area contributed by atoms with Gasteiger partial charge in [0.05, 0.1) is 6.10 Å². The van der Waals surface area contributed by atoms with Crippen molar-refractivity contribution in [1.29, 1.82) is 0 Å². The van der Waals surface area contributed by atoms with Crippen molar-refractivity contribution in [3.8, 4) is 0 Å². The van der Waals surface area contributed by atoms with Gasteiger partial charge in [-0.05, 0) is 18.4 Å². The van der Waals surface area contributed by atoms with Gasteiger partial charge in [-0.15, -0.1) is 0 Å². The molecule has 1 heterocycles. The van der Waals surface area contributed by atoms with Gasteiger partial charge in [0.15, 0.2) is 0 Å². The highest BCUT2D eigenvalue weighted by atomic mass is 16.6. The molecule has 1 aliphatic rings. The van der Waals surface area contributed by atoms with E-state index in [-0.39, 0.29) is 6.10 Å². The van der Waals surface area contributed by atoms with Crippen LogP contribution in [0.1, 0.15) is 24.4 Å². The van der Waals surface area contributed by atoms with Crippen LogP contribution in [0, 0.1) is 0 Å². The van der Waals surface area contributed by atoms with E-state index in [2.05, 4.69) is 0 Å². The number of hydrogen-bond acceptors (Lipinski definition) is 4. The first-order valence-corrected chi connectivity index (χ1v) is 5.86. The summed E-state index contributed by atoms with van der Waals surface area (Å²) in [6.45, 7) is 1.06. The number of nitrogens with two attached hydrogens (primary N) is 1. The van der Waals surface area contributed by atoms with E-state index in [0.717, 1.165) is 25.0 Å². The molecule has 1 saturated heterocycles. The minimum absolute atomic E-state index is 0.0434. The van der Waals surface area contributed by atoms with Crippen LogP contribution in [-0.4, -0.2) is 25.3 Å². The Bertz CT molecular complexity index is 360. The lowest BCUT2D eigenvalue weighted by Gasteiger charge is -2.14. The van der Waals surface area contributed by atoms with Gasteiger partial charge in [0.2, 0.25) is 0 Å². The maximum absolute atomic E-state index is 11.7. The van der Waals surface area contributed by atoms with Crippen molar-refractivity contribution in [2.24, 2.45) is 5.73 Å². The van der Waals surface area contributed by atoms with Crippen LogP contribution in [0.2, 0.25) is 0 Å². The Morgan fingerprint density at radius 2 is 2.24 bits per heavy atom. The molecule has 0 amide bonds. The van der Waals surface area contributed by atoms with Gasteiger partial charge in [-0.25, -0.2) is 4.79 Å². The summed E-state index contributed by atoms with van der Waals surface area (Å²) in [5, 5.41) is 0. The predicted molar refractivity (Wildman–Crippen MR) is 63.3 cm³/mol. The summed E-state index contributed by atoms with van der Waals surface area (Å²) in [6.07, 6.45) is 2.03. The van der Waals surface area contributed by atoms with E-state index in [9.17, 15) is 4.79 Å². The van der Waals surface area contributed by atoms with E-state index in [1.54, 1.807) is 0 Å². The molecule has 0 saturated carbocycles. The molecule has 1 fully saturated rings. The topological polar surface area (TPSA) is 61.6 Å². The number of carbonyl (C=O) groups is 1. The van der Waals surface area contributed by atoms with Gasteiger partial charge in [-0.2, -0.15) is 0 Å². The van der Waals surface area contributed by atoms with Crippen molar-refractivity contribution in [1.82, 2.24) is 0 Å². The second kappa shape index (κ2) is 5.80. The van der Waals surface area contributed by atoms with Gasteiger partial charge in [-0.3, -0.25) is 0 Å². The molecule has 0 aromatic heterocycles. The molecule has 0 bridgehead atoms. The van der Waals surface area contributed by atoms with Crippen molar-refractivity contribution in [3.63, 3.8) is 0 Å². The van der Waals surface area contributed by atoms with Crippen molar-refractivity contribution < 1.29 is 14.3 Å². The summed E-state index contributed by atoms with van der Waals surface area (Å²) < 4.78 is 10.5. The van der Waals surface area contributed by atoms with Gasteiger partial charge in [0.25, 0.3) is 0 Å². The lowest BCUT2D eigenvalue weighted by atomic mass is 10.1. The minimum Gasteiger partial charge on any atom is -0.462 e. The van der Waals surface area contributed by atoms with Crippen molar-refractivity contribution in [2.45, 2.75) is 25.0 Å².